The van der Waals surface area contributed by atoms with Gasteiger partial charge in [-0.1, -0.05) is 67.9 Å². The number of thioether (sulfide) groups is 1. The summed E-state index contributed by atoms with van der Waals surface area (Å²) in [6.45, 7) is 8.22. The van der Waals surface area contributed by atoms with E-state index < -0.39 is 28.8 Å². The molecule has 3 atom stereocenters. The highest BCUT2D eigenvalue weighted by atomic mass is 32.2. The SMILES string of the molecule is CCCCC(=O)N[C@@H](Cc1ccccc1)[C@H](O)C(=O)N1CSC(C)(C)[C@H]1C(=O)NCc1ccccc1C. The van der Waals surface area contributed by atoms with Gasteiger partial charge in [-0.2, -0.15) is 0 Å². The number of hydrogen-bond donors (Lipinski definition) is 3. The molecule has 1 heterocycles. The zero-order valence-electron chi connectivity index (χ0n) is 22.2. The van der Waals surface area contributed by atoms with Crippen molar-refractivity contribution in [3.63, 3.8) is 0 Å². The van der Waals surface area contributed by atoms with Gasteiger partial charge in [0.05, 0.1) is 11.9 Å². The van der Waals surface area contributed by atoms with E-state index in [2.05, 4.69) is 10.6 Å². The van der Waals surface area contributed by atoms with Gasteiger partial charge >= 0.3 is 0 Å². The number of aliphatic hydroxyl groups is 1. The number of rotatable bonds is 11. The van der Waals surface area contributed by atoms with Crippen LogP contribution < -0.4 is 10.6 Å². The summed E-state index contributed by atoms with van der Waals surface area (Å²) in [5.41, 5.74) is 2.99. The monoisotopic (exact) mass is 525 g/mol. The Hall–Kier alpha value is -2.84. The van der Waals surface area contributed by atoms with E-state index in [9.17, 15) is 19.5 Å². The summed E-state index contributed by atoms with van der Waals surface area (Å²) in [4.78, 5) is 41.0. The third kappa shape index (κ3) is 7.58. The van der Waals surface area contributed by atoms with Crippen LogP contribution in [0.5, 0.6) is 0 Å². The summed E-state index contributed by atoms with van der Waals surface area (Å²) in [6.07, 6.45) is 0.761. The Bertz CT molecular complexity index is 1080. The molecule has 3 amide bonds. The number of carbonyl (C=O) groups is 3. The number of benzene rings is 2. The van der Waals surface area contributed by atoms with Gasteiger partial charge in [0.25, 0.3) is 5.91 Å². The van der Waals surface area contributed by atoms with Crippen LogP contribution in [0.1, 0.15) is 56.7 Å². The molecular weight excluding hydrogens is 486 g/mol. The van der Waals surface area contributed by atoms with Crippen LogP contribution in [0, 0.1) is 6.92 Å². The second-order valence-electron chi connectivity index (χ2n) is 10.1. The van der Waals surface area contributed by atoms with Crippen molar-refractivity contribution in [2.24, 2.45) is 0 Å². The van der Waals surface area contributed by atoms with Gasteiger partial charge in [-0.15, -0.1) is 11.8 Å². The first kappa shape index (κ1) is 28.7. The number of aliphatic hydroxyl groups excluding tert-OH is 1. The number of amides is 3. The number of nitrogens with one attached hydrogen (secondary N) is 2. The van der Waals surface area contributed by atoms with Crippen LogP contribution in [0.3, 0.4) is 0 Å². The summed E-state index contributed by atoms with van der Waals surface area (Å²) in [6, 6.07) is 15.7. The smallest absolute Gasteiger partial charge is 0.254 e. The number of unbranched alkanes of at least 4 members (excludes halogenated alkanes) is 1. The van der Waals surface area contributed by atoms with E-state index in [1.54, 1.807) is 0 Å². The van der Waals surface area contributed by atoms with Crippen LogP contribution in [0.25, 0.3) is 0 Å². The maximum atomic E-state index is 13.6. The van der Waals surface area contributed by atoms with E-state index in [0.717, 1.165) is 29.5 Å². The fourth-order valence-electron chi connectivity index (χ4n) is 4.57. The fourth-order valence-corrected chi connectivity index (χ4v) is 5.71. The Balaban J connectivity index is 1.77. The van der Waals surface area contributed by atoms with Gasteiger partial charge in [-0.3, -0.25) is 14.4 Å². The summed E-state index contributed by atoms with van der Waals surface area (Å²) >= 11 is 1.50. The molecule has 3 rings (SSSR count). The third-order valence-electron chi connectivity index (χ3n) is 6.83. The van der Waals surface area contributed by atoms with Crippen molar-refractivity contribution >= 4 is 29.5 Å². The van der Waals surface area contributed by atoms with E-state index >= 15 is 0 Å². The first-order chi connectivity index (χ1) is 17.6. The van der Waals surface area contributed by atoms with Crippen molar-refractivity contribution < 1.29 is 19.5 Å². The van der Waals surface area contributed by atoms with Gasteiger partial charge in [0.15, 0.2) is 6.10 Å². The molecule has 0 radical (unpaired) electrons. The normalized spacial score (nSPS) is 18.2. The number of hydrogen-bond acceptors (Lipinski definition) is 5. The molecule has 2 aromatic carbocycles. The van der Waals surface area contributed by atoms with Crippen LogP contribution in [0.4, 0.5) is 0 Å². The molecule has 7 nitrogen and oxygen atoms in total. The van der Waals surface area contributed by atoms with E-state index in [1.165, 1.54) is 16.7 Å². The number of carbonyl (C=O) groups excluding carboxylic acids is 3. The van der Waals surface area contributed by atoms with Gasteiger partial charge in [-0.05, 0) is 50.3 Å². The predicted octanol–water partition coefficient (Wildman–Crippen LogP) is 3.57. The minimum absolute atomic E-state index is 0.196. The lowest BCUT2D eigenvalue weighted by atomic mass is 9.97. The molecule has 1 fully saturated rings. The standard InChI is InChI=1S/C29H39N3O4S/c1-5-6-16-24(33)31-23(17-21-13-8-7-9-14-21)25(34)28(36)32-19-37-29(3,4)26(32)27(35)30-18-22-15-11-10-12-20(22)2/h7-15,23,25-26,34H,5-6,16-19H2,1-4H3,(H,30,35)(H,31,33)/t23-,25-,26+/m0/s1. The molecule has 1 aliphatic heterocycles. The zero-order valence-corrected chi connectivity index (χ0v) is 23.0. The maximum Gasteiger partial charge on any atom is 0.254 e. The van der Waals surface area contributed by atoms with Crippen LogP contribution in [0.15, 0.2) is 54.6 Å². The second kappa shape index (κ2) is 13.1. The fraction of sp³-hybridized carbons (Fsp3) is 0.483. The number of nitrogens with zero attached hydrogens (tertiary/aromatic N) is 1. The topological polar surface area (TPSA) is 98.7 Å². The molecule has 0 aromatic heterocycles. The maximum absolute atomic E-state index is 13.6. The van der Waals surface area contributed by atoms with Crippen molar-refractivity contribution in [1.82, 2.24) is 15.5 Å². The Morgan fingerprint density at radius 3 is 2.46 bits per heavy atom. The van der Waals surface area contributed by atoms with Crippen LogP contribution in [-0.4, -0.2) is 56.5 Å². The minimum Gasteiger partial charge on any atom is -0.381 e. The molecule has 0 aliphatic carbocycles. The van der Waals surface area contributed by atoms with Crippen LogP contribution >= 0.6 is 11.8 Å². The molecule has 1 saturated heterocycles. The zero-order chi connectivity index (χ0) is 27.0. The molecule has 200 valence electrons. The molecule has 0 bridgehead atoms. The average Bonchev–Trinajstić information content (AvgIpc) is 3.21. The van der Waals surface area contributed by atoms with Crippen molar-refractivity contribution in [2.45, 2.75) is 82.9 Å². The molecule has 0 unspecified atom stereocenters. The molecule has 3 N–H and O–H groups in total. The van der Waals surface area contributed by atoms with E-state index in [0.29, 0.717) is 19.4 Å². The molecule has 8 heteroatoms. The third-order valence-corrected chi connectivity index (χ3v) is 8.20. The molecule has 2 aromatic rings. The van der Waals surface area contributed by atoms with Gasteiger partial charge in [0.1, 0.15) is 6.04 Å². The van der Waals surface area contributed by atoms with Gasteiger partial charge < -0.3 is 20.6 Å². The largest absolute Gasteiger partial charge is 0.381 e. The lowest BCUT2D eigenvalue weighted by Crippen LogP contribution is -2.58. The number of aryl methyl sites for hydroxylation is 1. The first-order valence-electron chi connectivity index (χ1n) is 12.9. The van der Waals surface area contributed by atoms with E-state index in [4.69, 9.17) is 0 Å². The molecular formula is C29H39N3O4S. The van der Waals surface area contributed by atoms with E-state index in [1.807, 2.05) is 82.3 Å². The highest BCUT2D eigenvalue weighted by Gasteiger charge is 2.49. The lowest BCUT2D eigenvalue weighted by molar-refractivity contribution is -0.147. The average molecular weight is 526 g/mol. The quantitative estimate of drug-likeness (QED) is 0.417. The van der Waals surface area contributed by atoms with Crippen molar-refractivity contribution in [1.29, 1.82) is 0 Å². The van der Waals surface area contributed by atoms with E-state index in [-0.39, 0.29) is 17.7 Å². The van der Waals surface area contributed by atoms with Crippen molar-refractivity contribution in [3.05, 3.63) is 71.3 Å². The Labute approximate surface area is 224 Å². The van der Waals surface area contributed by atoms with Gasteiger partial charge in [0, 0.05) is 17.7 Å². The first-order valence-corrected chi connectivity index (χ1v) is 13.9. The summed E-state index contributed by atoms with van der Waals surface area (Å²) in [7, 11) is 0. The predicted molar refractivity (Wildman–Crippen MR) is 148 cm³/mol. The van der Waals surface area contributed by atoms with Crippen LogP contribution in [-0.2, 0) is 27.3 Å². The lowest BCUT2D eigenvalue weighted by Gasteiger charge is -2.33. The minimum atomic E-state index is -1.48. The molecule has 37 heavy (non-hydrogen) atoms. The second-order valence-corrected chi connectivity index (χ2v) is 11.7. The summed E-state index contributed by atoms with van der Waals surface area (Å²) in [5, 5.41) is 17.1. The van der Waals surface area contributed by atoms with Crippen LogP contribution in [0.2, 0.25) is 0 Å². The highest BCUT2D eigenvalue weighted by molar-refractivity contribution is 8.00. The van der Waals surface area contributed by atoms with Gasteiger partial charge in [0.2, 0.25) is 11.8 Å². The summed E-state index contributed by atoms with van der Waals surface area (Å²) < 4.78 is -0.537. The summed E-state index contributed by atoms with van der Waals surface area (Å²) in [5.74, 6) is -0.720. The highest BCUT2D eigenvalue weighted by Crippen LogP contribution is 2.40. The molecule has 1 aliphatic rings. The Kier molecular flexibility index (Phi) is 10.2. The van der Waals surface area contributed by atoms with Crippen molar-refractivity contribution in [2.75, 3.05) is 5.88 Å². The van der Waals surface area contributed by atoms with Crippen molar-refractivity contribution in [3.8, 4) is 0 Å². The molecule has 0 spiro atoms. The van der Waals surface area contributed by atoms with Gasteiger partial charge in [-0.25, -0.2) is 0 Å². The Morgan fingerprint density at radius 1 is 1.11 bits per heavy atom. The Morgan fingerprint density at radius 2 is 1.78 bits per heavy atom. The molecule has 0 saturated carbocycles.